The van der Waals surface area contributed by atoms with Crippen LogP contribution in [0.3, 0.4) is 0 Å². The molecule has 0 aliphatic rings. The van der Waals surface area contributed by atoms with E-state index in [-0.39, 0.29) is 0 Å². The normalized spacial score (nSPS) is 10.5. The molecular weight excluding hydrogens is 262 g/mol. The van der Waals surface area contributed by atoms with Gasteiger partial charge in [0.2, 0.25) is 11.9 Å². The molecule has 6 N–H and O–H groups in total. The van der Waals surface area contributed by atoms with Crippen molar-refractivity contribution in [3.8, 4) is 0 Å². The summed E-state index contributed by atoms with van der Waals surface area (Å²) in [4.78, 5) is 12.3. The van der Waals surface area contributed by atoms with E-state index in [2.05, 4.69) is 32.7 Å². The topological polar surface area (TPSA) is 115 Å². The Morgan fingerprint density at radius 1 is 0.895 bits per heavy atom. The van der Waals surface area contributed by atoms with Crippen LogP contribution in [0.15, 0.2) is 5.16 Å². The third kappa shape index (κ3) is 6.55. The Balaban J connectivity index is 2.28. The largest absolute Gasteiger partial charge is 0.292 e. The predicted octanol–water partition coefficient (Wildman–Crippen LogP) is 1.90. The van der Waals surface area contributed by atoms with Gasteiger partial charge in [-0.25, -0.2) is 11.7 Å². The molecule has 7 nitrogen and oxygen atoms in total. The Morgan fingerprint density at radius 2 is 1.47 bits per heavy atom. The van der Waals surface area contributed by atoms with Gasteiger partial charge in [-0.3, -0.25) is 10.9 Å². The highest BCUT2D eigenvalue weighted by atomic mass is 32.2. The fourth-order valence-corrected chi connectivity index (χ4v) is 2.43. The number of hydrogen-bond acceptors (Lipinski definition) is 8. The number of nitrogen functional groups attached to an aromatic ring is 2. The summed E-state index contributed by atoms with van der Waals surface area (Å²) >= 11 is 1.59. The molecule has 0 atom stereocenters. The first kappa shape index (κ1) is 15.9. The van der Waals surface area contributed by atoms with Gasteiger partial charge in [0.25, 0.3) is 0 Å². The van der Waals surface area contributed by atoms with Crippen LogP contribution >= 0.6 is 11.8 Å². The Labute approximate surface area is 118 Å². The highest BCUT2D eigenvalue weighted by molar-refractivity contribution is 7.99. The molecule has 0 fully saturated rings. The molecule has 0 unspecified atom stereocenters. The Bertz CT molecular complexity index is 339. The molecule has 8 heteroatoms. The van der Waals surface area contributed by atoms with Crippen molar-refractivity contribution >= 4 is 23.7 Å². The monoisotopic (exact) mass is 285 g/mol. The lowest BCUT2D eigenvalue weighted by Crippen LogP contribution is -2.16. The molecule has 0 amide bonds. The third-order valence-corrected chi connectivity index (χ3v) is 3.54. The Kier molecular flexibility index (Phi) is 8.19. The SMILES string of the molecule is CCCCCCCCSc1nc(NN)nc(NN)n1. The maximum Gasteiger partial charge on any atom is 0.242 e. The molecule has 0 saturated carbocycles. The van der Waals surface area contributed by atoms with Crippen LogP contribution in [-0.2, 0) is 0 Å². The van der Waals surface area contributed by atoms with E-state index in [1.807, 2.05) is 0 Å². The van der Waals surface area contributed by atoms with Crippen molar-refractivity contribution in [2.24, 2.45) is 11.7 Å². The highest BCUT2D eigenvalue weighted by Crippen LogP contribution is 2.18. The average Bonchev–Trinajstić information content (AvgIpc) is 2.45. The molecule has 1 rings (SSSR count). The standard InChI is InChI=1S/C11H23N7S/c1-2-3-4-5-6-7-8-19-11-15-9(17-12)14-10(16-11)18-13/h2-8,12-13H2,1H3,(H2,14,15,16,17,18). The molecule has 0 spiro atoms. The predicted molar refractivity (Wildman–Crippen MR) is 79.5 cm³/mol. The summed E-state index contributed by atoms with van der Waals surface area (Å²) < 4.78 is 0. The van der Waals surface area contributed by atoms with Crippen molar-refractivity contribution in [2.75, 3.05) is 16.6 Å². The van der Waals surface area contributed by atoms with Gasteiger partial charge in [0.05, 0.1) is 0 Å². The lowest BCUT2D eigenvalue weighted by atomic mass is 10.1. The number of rotatable bonds is 10. The van der Waals surface area contributed by atoms with Crippen LogP contribution in [0.1, 0.15) is 45.4 Å². The summed E-state index contributed by atoms with van der Waals surface area (Å²) in [5.41, 5.74) is 4.79. The third-order valence-electron chi connectivity index (χ3n) is 2.60. The zero-order chi connectivity index (χ0) is 13.9. The van der Waals surface area contributed by atoms with Crippen LogP contribution in [0.4, 0.5) is 11.9 Å². The number of nitrogens with zero attached hydrogens (tertiary/aromatic N) is 3. The van der Waals surface area contributed by atoms with Crippen molar-refractivity contribution in [2.45, 2.75) is 50.6 Å². The van der Waals surface area contributed by atoms with Crippen molar-refractivity contribution in [1.29, 1.82) is 0 Å². The zero-order valence-electron chi connectivity index (χ0n) is 11.4. The zero-order valence-corrected chi connectivity index (χ0v) is 12.2. The van der Waals surface area contributed by atoms with Crippen LogP contribution in [-0.4, -0.2) is 20.7 Å². The second-order valence-corrected chi connectivity index (χ2v) is 5.23. The van der Waals surface area contributed by atoms with Gasteiger partial charge in [0.15, 0.2) is 5.16 Å². The number of unbranched alkanes of at least 4 members (excludes halogenated alkanes) is 5. The molecule has 0 aromatic carbocycles. The number of hydrogen-bond donors (Lipinski definition) is 4. The van der Waals surface area contributed by atoms with E-state index in [1.54, 1.807) is 11.8 Å². The quantitative estimate of drug-likeness (QED) is 0.223. The van der Waals surface area contributed by atoms with Crippen LogP contribution in [0.5, 0.6) is 0 Å². The van der Waals surface area contributed by atoms with E-state index < -0.39 is 0 Å². The van der Waals surface area contributed by atoms with Crippen molar-refractivity contribution in [1.82, 2.24) is 15.0 Å². The molecule has 1 aromatic heterocycles. The van der Waals surface area contributed by atoms with E-state index >= 15 is 0 Å². The number of aromatic nitrogens is 3. The number of nitrogens with two attached hydrogens (primary N) is 2. The fraction of sp³-hybridized carbons (Fsp3) is 0.727. The summed E-state index contributed by atoms with van der Waals surface area (Å²) in [6.07, 6.45) is 7.66. The average molecular weight is 285 g/mol. The summed E-state index contributed by atoms with van der Waals surface area (Å²) in [7, 11) is 0. The maximum atomic E-state index is 5.28. The Hall–Kier alpha value is -1.12. The maximum absolute atomic E-state index is 5.28. The summed E-state index contributed by atoms with van der Waals surface area (Å²) in [5.74, 6) is 12.2. The van der Waals surface area contributed by atoms with Crippen molar-refractivity contribution in [3.05, 3.63) is 0 Å². The van der Waals surface area contributed by atoms with Gasteiger partial charge in [-0.05, 0) is 6.42 Å². The van der Waals surface area contributed by atoms with Crippen LogP contribution in [0.25, 0.3) is 0 Å². The van der Waals surface area contributed by atoms with Gasteiger partial charge >= 0.3 is 0 Å². The minimum atomic E-state index is 0.313. The van der Waals surface area contributed by atoms with Crippen molar-refractivity contribution in [3.63, 3.8) is 0 Å². The molecule has 19 heavy (non-hydrogen) atoms. The number of nitrogens with one attached hydrogen (secondary N) is 2. The second kappa shape index (κ2) is 9.76. The first-order chi connectivity index (χ1) is 9.30. The lowest BCUT2D eigenvalue weighted by molar-refractivity contribution is 0.626. The van der Waals surface area contributed by atoms with E-state index in [4.69, 9.17) is 11.7 Å². The van der Waals surface area contributed by atoms with Crippen LogP contribution in [0.2, 0.25) is 0 Å². The van der Waals surface area contributed by atoms with Gasteiger partial charge in [-0.15, -0.1) is 0 Å². The number of hydrazine groups is 2. The molecule has 0 aliphatic heterocycles. The Morgan fingerprint density at radius 3 is 2.05 bits per heavy atom. The molecule has 0 bridgehead atoms. The number of anilines is 2. The van der Waals surface area contributed by atoms with Gasteiger partial charge in [0, 0.05) is 5.75 Å². The van der Waals surface area contributed by atoms with Crippen LogP contribution < -0.4 is 22.5 Å². The lowest BCUT2D eigenvalue weighted by Gasteiger charge is -2.05. The van der Waals surface area contributed by atoms with Crippen LogP contribution in [0, 0.1) is 0 Å². The smallest absolute Gasteiger partial charge is 0.242 e. The van der Waals surface area contributed by atoms with E-state index in [0.717, 1.165) is 12.2 Å². The first-order valence-corrected chi connectivity index (χ1v) is 7.60. The van der Waals surface area contributed by atoms with E-state index in [9.17, 15) is 0 Å². The minimum Gasteiger partial charge on any atom is -0.292 e. The van der Waals surface area contributed by atoms with Gasteiger partial charge < -0.3 is 0 Å². The summed E-state index contributed by atoms with van der Waals surface area (Å²) in [6, 6.07) is 0. The number of thioether (sulfide) groups is 1. The molecular formula is C11H23N7S. The molecule has 108 valence electrons. The molecule has 0 radical (unpaired) electrons. The van der Waals surface area contributed by atoms with Gasteiger partial charge in [0.1, 0.15) is 0 Å². The second-order valence-electron chi connectivity index (χ2n) is 4.17. The minimum absolute atomic E-state index is 0.313. The van der Waals surface area contributed by atoms with Gasteiger partial charge in [-0.1, -0.05) is 50.8 Å². The molecule has 0 saturated heterocycles. The van der Waals surface area contributed by atoms with Crippen molar-refractivity contribution < 1.29 is 0 Å². The molecule has 0 aliphatic carbocycles. The van der Waals surface area contributed by atoms with E-state index in [1.165, 1.54) is 32.1 Å². The fourth-order valence-electron chi connectivity index (χ4n) is 1.60. The van der Waals surface area contributed by atoms with Gasteiger partial charge in [-0.2, -0.15) is 15.0 Å². The molecule has 1 heterocycles. The van der Waals surface area contributed by atoms with E-state index in [0.29, 0.717) is 17.1 Å². The summed E-state index contributed by atoms with van der Waals surface area (Å²) in [5, 5.41) is 0.629. The molecule has 1 aromatic rings. The highest BCUT2D eigenvalue weighted by Gasteiger charge is 2.05. The first-order valence-electron chi connectivity index (χ1n) is 6.62. The summed E-state index contributed by atoms with van der Waals surface area (Å²) in [6.45, 7) is 2.22.